The van der Waals surface area contributed by atoms with Crippen molar-refractivity contribution in [2.45, 2.75) is 51.2 Å². The standard InChI is InChI=1S/C28H37NO4/c1-2-32-24-12-8-11-23(15-18-33-27(21-24)22-9-4-3-5-10-22)28(30)25-13-6-7-14-26(25)29-16-19-31-20-17-29/h3-7,9-10,13-14,23-24,27H,2,8,11-12,15-21H2,1H3. The van der Waals surface area contributed by atoms with Crippen LogP contribution in [0.4, 0.5) is 5.69 Å². The van der Waals surface area contributed by atoms with Gasteiger partial charge in [-0.3, -0.25) is 4.79 Å². The molecule has 0 saturated carbocycles. The van der Waals surface area contributed by atoms with Gasteiger partial charge in [0.15, 0.2) is 5.78 Å². The summed E-state index contributed by atoms with van der Waals surface area (Å²) in [5, 5.41) is 0. The number of benzene rings is 2. The van der Waals surface area contributed by atoms with Crippen LogP contribution >= 0.6 is 0 Å². The van der Waals surface area contributed by atoms with E-state index in [1.165, 1.54) is 5.56 Å². The van der Waals surface area contributed by atoms with Gasteiger partial charge in [0.2, 0.25) is 0 Å². The molecule has 2 aromatic rings. The quantitative estimate of drug-likeness (QED) is 0.547. The van der Waals surface area contributed by atoms with Crippen LogP contribution in [-0.2, 0) is 14.2 Å². The van der Waals surface area contributed by atoms with Crippen LogP contribution in [0.15, 0.2) is 54.6 Å². The number of nitrogens with zero attached hydrogens (tertiary/aromatic N) is 1. The molecule has 0 aliphatic carbocycles. The molecule has 0 N–H and O–H groups in total. The second-order valence-corrected chi connectivity index (χ2v) is 8.98. The number of Topliss-reactive ketones (excluding diaryl/α,β-unsaturated/α-hetero) is 1. The molecule has 2 saturated heterocycles. The lowest BCUT2D eigenvalue weighted by molar-refractivity contribution is -0.0267. The fourth-order valence-electron chi connectivity index (χ4n) is 5.04. The van der Waals surface area contributed by atoms with Crippen molar-refractivity contribution in [3.05, 3.63) is 65.7 Å². The van der Waals surface area contributed by atoms with Crippen LogP contribution in [-0.4, -0.2) is 51.4 Å². The molecule has 3 atom stereocenters. The molecule has 3 unspecified atom stereocenters. The van der Waals surface area contributed by atoms with Crippen LogP contribution < -0.4 is 4.90 Å². The first-order valence-electron chi connectivity index (χ1n) is 12.5. The van der Waals surface area contributed by atoms with Gasteiger partial charge in [-0.15, -0.1) is 0 Å². The molecule has 0 aromatic heterocycles. The molecule has 4 rings (SSSR count). The summed E-state index contributed by atoms with van der Waals surface area (Å²) in [6.45, 7) is 6.39. The number of ketones is 1. The van der Waals surface area contributed by atoms with Crippen molar-refractivity contribution in [3.8, 4) is 0 Å². The van der Waals surface area contributed by atoms with Gasteiger partial charge in [-0.05, 0) is 43.9 Å². The first kappa shape index (κ1) is 23.9. The second kappa shape index (κ2) is 12.3. The zero-order valence-corrected chi connectivity index (χ0v) is 19.8. The maximum atomic E-state index is 13.7. The van der Waals surface area contributed by atoms with Gasteiger partial charge in [0.25, 0.3) is 0 Å². The number of ether oxygens (including phenoxy) is 3. The molecule has 33 heavy (non-hydrogen) atoms. The molecule has 0 spiro atoms. The molecule has 0 radical (unpaired) electrons. The van der Waals surface area contributed by atoms with E-state index in [1.54, 1.807) is 0 Å². The fraction of sp³-hybridized carbons (Fsp3) is 0.536. The Balaban J connectivity index is 1.50. The van der Waals surface area contributed by atoms with Crippen molar-refractivity contribution in [2.24, 2.45) is 5.92 Å². The average molecular weight is 452 g/mol. The van der Waals surface area contributed by atoms with E-state index in [0.29, 0.717) is 26.4 Å². The lowest BCUT2D eigenvalue weighted by Crippen LogP contribution is -2.37. The molecule has 5 nitrogen and oxygen atoms in total. The van der Waals surface area contributed by atoms with Gasteiger partial charge in [0, 0.05) is 49.9 Å². The van der Waals surface area contributed by atoms with Crippen molar-refractivity contribution >= 4 is 11.5 Å². The lowest BCUT2D eigenvalue weighted by atomic mass is 9.87. The van der Waals surface area contributed by atoms with Crippen LogP contribution in [0.2, 0.25) is 0 Å². The summed E-state index contributed by atoms with van der Waals surface area (Å²) >= 11 is 0. The van der Waals surface area contributed by atoms with Crippen LogP contribution in [0.25, 0.3) is 0 Å². The van der Waals surface area contributed by atoms with Gasteiger partial charge in [0.1, 0.15) is 0 Å². The van der Waals surface area contributed by atoms with E-state index in [1.807, 2.05) is 31.2 Å². The van der Waals surface area contributed by atoms with Crippen molar-refractivity contribution < 1.29 is 19.0 Å². The lowest BCUT2D eigenvalue weighted by Gasteiger charge is -2.31. The molecule has 2 aliphatic heterocycles. The highest BCUT2D eigenvalue weighted by Crippen LogP contribution is 2.32. The van der Waals surface area contributed by atoms with Crippen molar-refractivity contribution in [1.82, 2.24) is 0 Å². The van der Waals surface area contributed by atoms with E-state index in [2.05, 4.69) is 35.2 Å². The molecule has 0 amide bonds. The topological polar surface area (TPSA) is 48.0 Å². The van der Waals surface area contributed by atoms with Gasteiger partial charge in [-0.1, -0.05) is 48.9 Å². The largest absolute Gasteiger partial charge is 0.378 e. The Kier molecular flexibility index (Phi) is 8.93. The average Bonchev–Trinajstić information content (AvgIpc) is 2.88. The first-order chi connectivity index (χ1) is 16.3. The molecule has 5 heteroatoms. The number of anilines is 1. The van der Waals surface area contributed by atoms with E-state index in [0.717, 1.165) is 56.4 Å². The van der Waals surface area contributed by atoms with E-state index >= 15 is 0 Å². The molecule has 0 bridgehead atoms. The third-order valence-corrected chi connectivity index (χ3v) is 6.81. The Morgan fingerprint density at radius 2 is 1.73 bits per heavy atom. The Morgan fingerprint density at radius 1 is 0.970 bits per heavy atom. The normalized spacial score (nSPS) is 24.9. The minimum atomic E-state index is -0.0380. The highest BCUT2D eigenvalue weighted by molar-refractivity contribution is 6.02. The van der Waals surface area contributed by atoms with Gasteiger partial charge < -0.3 is 19.1 Å². The first-order valence-corrected chi connectivity index (χ1v) is 12.5. The van der Waals surface area contributed by atoms with E-state index in [-0.39, 0.29) is 23.9 Å². The molecule has 2 aliphatic rings. The minimum absolute atomic E-state index is 0.00256. The zero-order valence-electron chi connectivity index (χ0n) is 19.8. The summed E-state index contributed by atoms with van der Waals surface area (Å²) < 4.78 is 18.0. The predicted molar refractivity (Wildman–Crippen MR) is 131 cm³/mol. The van der Waals surface area contributed by atoms with Gasteiger partial charge in [0.05, 0.1) is 25.4 Å². The molecular formula is C28H37NO4. The van der Waals surface area contributed by atoms with Crippen LogP contribution in [0.3, 0.4) is 0 Å². The number of hydrogen-bond acceptors (Lipinski definition) is 5. The number of para-hydroxylation sites is 1. The number of carbonyl (C=O) groups excluding carboxylic acids is 1. The summed E-state index contributed by atoms with van der Waals surface area (Å²) in [5.74, 6) is 0.203. The zero-order chi connectivity index (χ0) is 22.9. The second-order valence-electron chi connectivity index (χ2n) is 8.98. The van der Waals surface area contributed by atoms with Crippen molar-refractivity contribution in [1.29, 1.82) is 0 Å². The van der Waals surface area contributed by atoms with Crippen LogP contribution in [0.5, 0.6) is 0 Å². The van der Waals surface area contributed by atoms with Crippen molar-refractivity contribution in [3.63, 3.8) is 0 Å². The minimum Gasteiger partial charge on any atom is -0.378 e. The number of carbonyl (C=O) groups is 1. The Labute approximate surface area is 198 Å². The molecule has 2 fully saturated rings. The Morgan fingerprint density at radius 3 is 2.52 bits per heavy atom. The van der Waals surface area contributed by atoms with Gasteiger partial charge in [-0.25, -0.2) is 0 Å². The summed E-state index contributed by atoms with van der Waals surface area (Å²) in [4.78, 5) is 16.0. The van der Waals surface area contributed by atoms with Crippen molar-refractivity contribution in [2.75, 3.05) is 44.4 Å². The summed E-state index contributed by atoms with van der Waals surface area (Å²) in [6, 6.07) is 18.5. The Bertz CT molecular complexity index is 865. The SMILES string of the molecule is CCOC1CCCC(C(=O)c2ccccc2N2CCOCC2)CCOC(c2ccccc2)C1. The van der Waals surface area contributed by atoms with E-state index < -0.39 is 0 Å². The maximum absolute atomic E-state index is 13.7. The molecule has 2 aromatic carbocycles. The monoisotopic (exact) mass is 451 g/mol. The highest BCUT2D eigenvalue weighted by atomic mass is 16.5. The third-order valence-electron chi connectivity index (χ3n) is 6.81. The fourth-order valence-corrected chi connectivity index (χ4v) is 5.04. The van der Waals surface area contributed by atoms with Gasteiger partial charge >= 0.3 is 0 Å². The van der Waals surface area contributed by atoms with Crippen LogP contribution in [0.1, 0.15) is 61.1 Å². The number of morpholine rings is 1. The molecular weight excluding hydrogens is 414 g/mol. The Hall–Kier alpha value is -2.21. The highest BCUT2D eigenvalue weighted by Gasteiger charge is 2.27. The third kappa shape index (κ3) is 6.44. The number of hydrogen-bond donors (Lipinski definition) is 0. The van der Waals surface area contributed by atoms with Crippen LogP contribution in [0, 0.1) is 5.92 Å². The maximum Gasteiger partial charge on any atom is 0.168 e. The van der Waals surface area contributed by atoms with E-state index in [9.17, 15) is 4.79 Å². The predicted octanol–water partition coefficient (Wildman–Crippen LogP) is 5.45. The number of rotatable bonds is 6. The molecule has 2 heterocycles. The summed E-state index contributed by atoms with van der Waals surface area (Å²) in [6.07, 6.45) is 4.57. The summed E-state index contributed by atoms with van der Waals surface area (Å²) in [7, 11) is 0. The summed E-state index contributed by atoms with van der Waals surface area (Å²) in [5.41, 5.74) is 3.06. The van der Waals surface area contributed by atoms with E-state index in [4.69, 9.17) is 14.2 Å². The molecule has 178 valence electrons. The van der Waals surface area contributed by atoms with Gasteiger partial charge in [-0.2, -0.15) is 0 Å². The smallest absolute Gasteiger partial charge is 0.168 e.